The van der Waals surface area contributed by atoms with Crippen LogP contribution in [-0.2, 0) is 6.54 Å². The van der Waals surface area contributed by atoms with Crippen LogP contribution < -0.4 is 10.1 Å². The van der Waals surface area contributed by atoms with Crippen LogP contribution in [0, 0.1) is 0 Å². The topological polar surface area (TPSA) is 24.5 Å². The average Bonchev–Trinajstić information content (AvgIpc) is 2.48. The minimum atomic E-state index is 0.498. The Balaban J connectivity index is 2.06. The molecule has 1 aromatic carbocycles. The molecular formula is C17H27ClN2O. The lowest BCUT2D eigenvalue weighted by Crippen LogP contribution is -2.45. The van der Waals surface area contributed by atoms with Gasteiger partial charge < -0.3 is 10.1 Å². The molecule has 1 aromatic rings. The number of nitrogens with zero attached hydrogens (tertiary/aromatic N) is 1. The van der Waals surface area contributed by atoms with Crippen molar-refractivity contribution in [3.05, 3.63) is 28.8 Å². The lowest BCUT2D eigenvalue weighted by molar-refractivity contribution is 0.175. The Bertz CT molecular complexity index is 444. The Morgan fingerprint density at radius 2 is 2.19 bits per heavy atom. The lowest BCUT2D eigenvalue weighted by atomic mass is 10.0. The molecule has 0 amide bonds. The second-order valence-electron chi connectivity index (χ2n) is 6.13. The molecule has 0 radical (unpaired) electrons. The van der Waals surface area contributed by atoms with E-state index in [0.29, 0.717) is 12.1 Å². The van der Waals surface area contributed by atoms with Crippen LogP contribution in [0.15, 0.2) is 18.2 Å². The van der Waals surface area contributed by atoms with Crippen molar-refractivity contribution in [1.82, 2.24) is 10.2 Å². The number of nitrogens with one attached hydrogen (secondary N) is 1. The molecule has 0 aromatic heterocycles. The molecule has 1 unspecified atom stereocenters. The van der Waals surface area contributed by atoms with Crippen molar-refractivity contribution in [2.75, 3.05) is 20.2 Å². The normalized spacial score (nSPS) is 19.2. The summed E-state index contributed by atoms with van der Waals surface area (Å²) in [7, 11) is 1.72. The lowest BCUT2D eigenvalue weighted by Gasteiger charge is -2.33. The van der Waals surface area contributed by atoms with Gasteiger partial charge in [-0.15, -0.1) is 0 Å². The van der Waals surface area contributed by atoms with Crippen molar-refractivity contribution in [3.63, 3.8) is 0 Å². The van der Waals surface area contributed by atoms with E-state index in [4.69, 9.17) is 16.3 Å². The van der Waals surface area contributed by atoms with Crippen molar-refractivity contribution in [2.24, 2.45) is 0 Å². The largest absolute Gasteiger partial charge is 0.496 e. The number of ether oxygens (including phenoxy) is 1. The summed E-state index contributed by atoms with van der Waals surface area (Å²) in [5.41, 5.74) is 1.16. The van der Waals surface area contributed by atoms with Crippen molar-refractivity contribution in [2.45, 2.75) is 51.7 Å². The van der Waals surface area contributed by atoms with Crippen LogP contribution in [0.5, 0.6) is 5.75 Å². The molecule has 1 heterocycles. The minimum Gasteiger partial charge on any atom is -0.496 e. The van der Waals surface area contributed by atoms with Crippen molar-refractivity contribution < 1.29 is 4.74 Å². The molecule has 1 saturated heterocycles. The van der Waals surface area contributed by atoms with E-state index in [1.807, 2.05) is 18.2 Å². The zero-order valence-electron chi connectivity index (χ0n) is 13.4. The van der Waals surface area contributed by atoms with Gasteiger partial charge in [0.05, 0.1) is 7.11 Å². The summed E-state index contributed by atoms with van der Waals surface area (Å²) in [6.45, 7) is 7.60. The smallest absolute Gasteiger partial charge is 0.123 e. The van der Waals surface area contributed by atoms with Crippen LogP contribution in [0.25, 0.3) is 0 Å². The van der Waals surface area contributed by atoms with Gasteiger partial charge in [0.15, 0.2) is 0 Å². The number of halogens is 1. The van der Waals surface area contributed by atoms with Crippen LogP contribution >= 0.6 is 11.6 Å². The van der Waals surface area contributed by atoms with E-state index >= 15 is 0 Å². The van der Waals surface area contributed by atoms with E-state index in [2.05, 4.69) is 24.1 Å². The fourth-order valence-corrected chi connectivity index (χ4v) is 3.11. The van der Waals surface area contributed by atoms with Crippen molar-refractivity contribution in [3.8, 4) is 5.75 Å². The van der Waals surface area contributed by atoms with Crippen molar-refractivity contribution >= 4 is 11.6 Å². The van der Waals surface area contributed by atoms with E-state index in [1.54, 1.807) is 7.11 Å². The first-order valence-electron chi connectivity index (χ1n) is 7.90. The molecular weight excluding hydrogens is 284 g/mol. The van der Waals surface area contributed by atoms with Gasteiger partial charge >= 0.3 is 0 Å². The fourth-order valence-electron chi connectivity index (χ4n) is 2.91. The van der Waals surface area contributed by atoms with Gasteiger partial charge in [0.2, 0.25) is 0 Å². The third-order valence-corrected chi connectivity index (χ3v) is 4.45. The molecule has 1 aliphatic rings. The second kappa shape index (κ2) is 8.02. The Labute approximate surface area is 133 Å². The van der Waals surface area contributed by atoms with E-state index in [9.17, 15) is 0 Å². The molecule has 1 atom stereocenters. The highest BCUT2D eigenvalue weighted by molar-refractivity contribution is 6.30. The summed E-state index contributed by atoms with van der Waals surface area (Å²) in [5.74, 6) is 0.918. The highest BCUT2D eigenvalue weighted by Crippen LogP contribution is 2.25. The maximum Gasteiger partial charge on any atom is 0.123 e. The fraction of sp³-hybridized carbons (Fsp3) is 0.647. The first-order chi connectivity index (χ1) is 10.1. The Hall–Kier alpha value is -0.770. The van der Waals surface area contributed by atoms with E-state index < -0.39 is 0 Å². The standard InChI is InChI=1S/C17H27ClN2O/c1-13(2)20(12-16-6-4-5-9-19-16)11-14-10-15(18)7-8-17(14)21-3/h7-8,10,13,16,19H,4-6,9,11-12H2,1-3H3. The first-order valence-corrected chi connectivity index (χ1v) is 8.27. The SMILES string of the molecule is COc1ccc(Cl)cc1CN(CC1CCCCN1)C(C)C. The van der Waals surface area contributed by atoms with E-state index in [-0.39, 0.29) is 0 Å². The molecule has 1 N–H and O–H groups in total. The number of hydrogen-bond acceptors (Lipinski definition) is 3. The summed E-state index contributed by atoms with van der Waals surface area (Å²) in [6.07, 6.45) is 3.92. The summed E-state index contributed by atoms with van der Waals surface area (Å²) < 4.78 is 5.47. The van der Waals surface area contributed by atoms with Gasteiger partial charge in [-0.05, 0) is 51.4 Å². The van der Waals surface area contributed by atoms with Crippen LogP contribution in [-0.4, -0.2) is 37.2 Å². The molecule has 2 rings (SSSR count). The first kappa shape index (κ1) is 16.6. The van der Waals surface area contributed by atoms with E-state index in [0.717, 1.165) is 36.0 Å². The van der Waals surface area contributed by atoms with Crippen molar-refractivity contribution in [1.29, 1.82) is 0 Å². The molecule has 4 heteroatoms. The van der Waals surface area contributed by atoms with Crippen LogP contribution in [0.2, 0.25) is 5.02 Å². The minimum absolute atomic E-state index is 0.498. The molecule has 0 spiro atoms. The summed E-state index contributed by atoms with van der Waals surface area (Å²) in [6, 6.07) is 6.95. The summed E-state index contributed by atoms with van der Waals surface area (Å²) in [4.78, 5) is 2.50. The highest BCUT2D eigenvalue weighted by Gasteiger charge is 2.20. The van der Waals surface area contributed by atoms with Gasteiger partial charge in [0.25, 0.3) is 0 Å². The monoisotopic (exact) mass is 310 g/mol. The van der Waals surface area contributed by atoms with E-state index in [1.165, 1.54) is 19.3 Å². The van der Waals surface area contributed by atoms with Crippen LogP contribution in [0.3, 0.4) is 0 Å². The number of rotatable bonds is 6. The zero-order valence-corrected chi connectivity index (χ0v) is 14.1. The number of hydrogen-bond donors (Lipinski definition) is 1. The number of methoxy groups -OCH3 is 1. The predicted molar refractivity (Wildman–Crippen MR) is 89.2 cm³/mol. The van der Waals surface area contributed by atoms with Gasteiger partial charge in [-0.25, -0.2) is 0 Å². The summed E-state index contributed by atoms with van der Waals surface area (Å²) >= 11 is 6.14. The molecule has 0 bridgehead atoms. The second-order valence-corrected chi connectivity index (χ2v) is 6.56. The van der Waals surface area contributed by atoms with Gasteiger partial charge in [-0.2, -0.15) is 0 Å². The Kier molecular flexibility index (Phi) is 6.34. The number of benzene rings is 1. The molecule has 1 aliphatic heterocycles. The van der Waals surface area contributed by atoms with Gasteiger partial charge in [0, 0.05) is 35.8 Å². The number of piperidine rings is 1. The third kappa shape index (κ3) is 4.87. The van der Waals surface area contributed by atoms with Gasteiger partial charge in [-0.3, -0.25) is 4.90 Å². The maximum absolute atomic E-state index is 6.14. The third-order valence-electron chi connectivity index (χ3n) is 4.21. The molecule has 0 aliphatic carbocycles. The van der Waals surface area contributed by atoms with Crippen LogP contribution in [0.4, 0.5) is 0 Å². The molecule has 118 valence electrons. The summed E-state index contributed by atoms with van der Waals surface area (Å²) in [5, 5.41) is 4.40. The Morgan fingerprint density at radius 1 is 1.38 bits per heavy atom. The molecule has 1 fully saturated rings. The molecule has 21 heavy (non-hydrogen) atoms. The molecule has 0 saturated carbocycles. The maximum atomic E-state index is 6.14. The Morgan fingerprint density at radius 3 is 2.81 bits per heavy atom. The zero-order chi connectivity index (χ0) is 15.2. The average molecular weight is 311 g/mol. The van der Waals surface area contributed by atoms with Gasteiger partial charge in [0.1, 0.15) is 5.75 Å². The molecule has 3 nitrogen and oxygen atoms in total. The quantitative estimate of drug-likeness (QED) is 0.867. The highest BCUT2D eigenvalue weighted by atomic mass is 35.5. The predicted octanol–water partition coefficient (Wildman–Crippen LogP) is 3.70. The van der Waals surface area contributed by atoms with Crippen LogP contribution in [0.1, 0.15) is 38.7 Å². The van der Waals surface area contributed by atoms with Gasteiger partial charge in [-0.1, -0.05) is 18.0 Å².